The molecule has 0 aliphatic heterocycles. The van der Waals surface area contributed by atoms with E-state index in [1.807, 2.05) is 24.3 Å². The normalized spacial score (nSPS) is 12.2. The Bertz CT molecular complexity index is 925. The van der Waals surface area contributed by atoms with Crippen molar-refractivity contribution in [2.24, 2.45) is 5.10 Å². The zero-order valence-corrected chi connectivity index (χ0v) is 21.6. The Balaban J connectivity index is 2.03. The highest BCUT2D eigenvalue weighted by molar-refractivity contribution is 5.83. The third-order valence-corrected chi connectivity index (χ3v) is 5.85. The Kier molecular flexibility index (Phi) is 8.70. The molecule has 0 spiro atoms. The minimum absolute atomic E-state index is 0.131. The number of aryl methyl sites for hydroxylation is 1. The number of carbonyl (C=O) groups excluding carboxylic acids is 1. The molecule has 0 aliphatic rings. The largest absolute Gasteiger partial charge is 0.507 e. The third kappa shape index (κ3) is 7.34. The molecule has 33 heavy (non-hydrogen) atoms. The molecule has 1 amide bonds. The van der Waals surface area contributed by atoms with E-state index in [0.29, 0.717) is 18.6 Å². The lowest BCUT2D eigenvalue weighted by atomic mass is 9.78. The SMILES string of the molecule is CCN(CC)c1ccc(/C=N/NC(=O)CCc2cc(C(C)(C)C)c(O)c(C(C)(C)C)c2)cc1. The second-order valence-electron chi connectivity index (χ2n) is 10.6. The summed E-state index contributed by atoms with van der Waals surface area (Å²) in [4.78, 5) is 14.7. The lowest BCUT2D eigenvalue weighted by Crippen LogP contribution is -2.21. The van der Waals surface area contributed by atoms with Gasteiger partial charge in [0.15, 0.2) is 0 Å². The fourth-order valence-corrected chi connectivity index (χ4v) is 3.83. The Morgan fingerprint density at radius 1 is 0.970 bits per heavy atom. The number of hydrogen-bond acceptors (Lipinski definition) is 4. The van der Waals surface area contributed by atoms with Gasteiger partial charge in [-0.25, -0.2) is 5.43 Å². The van der Waals surface area contributed by atoms with Crippen LogP contribution < -0.4 is 10.3 Å². The quantitative estimate of drug-likeness (QED) is 0.387. The number of phenols is 1. The highest BCUT2D eigenvalue weighted by atomic mass is 16.3. The van der Waals surface area contributed by atoms with Crippen LogP contribution in [0.3, 0.4) is 0 Å². The van der Waals surface area contributed by atoms with Crippen molar-refractivity contribution in [1.29, 1.82) is 0 Å². The van der Waals surface area contributed by atoms with Crippen molar-refractivity contribution < 1.29 is 9.90 Å². The summed E-state index contributed by atoms with van der Waals surface area (Å²) in [5.74, 6) is 0.230. The van der Waals surface area contributed by atoms with E-state index < -0.39 is 0 Å². The van der Waals surface area contributed by atoms with E-state index in [1.54, 1.807) is 6.21 Å². The number of nitrogens with zero attached hydrogens (tertiary/aromatic N) is 2. The number of anilines is 1. The van der Waals surface area contributed by atoms with Gasteiger partial charge in [-0.3, -0.25) is 4.79 Å². The average molecular weight is 452 g/mol. The van der Waals surface area contributed by atoms with Crippen LogP contribution in [0.2, 0.25) is 0 Å². The summed E-state index contributed by atoms with van der Waals surface area (Å²) in [5.41, 5.74) is 7.25. The summed E-state index contributed by atoms with van der Waals surface area (Å²) in [6.45, 7) is 18.8. The van der Waals surface area contributed by atoms with Crippen LogP contribution in [0.25, 0.3) is 0 Å². The van der Waals surface area contributed by atoms with Crippen LogP contribution in [0.4, 0.5) is 5.69 Å². The summed E-state index contributed by atoms with van der Waals surface area (Å²) in [5, 5.41) is 15.0. The number of rotatable bonds is 8. The first-order valence-electron chi connectivity index (χ1n) is 11.9. The molecule has 180 valence electrons. The Morgan fingerprint density at radius 2 is 1.48 bits per heavy atom. The molecule has 0 unspecified atom stereocenters. The molecule has 5 nitrogen and oxygen atoms in total. The van der Waals surface area contributed by atoms with Crippen LogP contribution in [-0.2, 0) is 22.0 Å². The molecule has 0 radical (unpaired) electrons. The molecular weight excluding hydrogens is 410 g/mol. The maximum atomic E-state index is 12.4. The van der Waals surface area contributed by atoms with Crippen LogP contribution >= 0.6 is 0 Å². The van der Waals surface area contributed by atoms with E-state index in [2.05, 4.69) is 82.9 Å². The molecule has 5 heteroatoms. The summed E-state index contributed by atoms with van der Waals surface area (Å²) < 4.78 is 0. The molecule has 0 bridgehead atoms. The number of aromatic hydroxyl groups is 1. The summed E-state index contributed by atoms with van der Waals surface area (Å²) in [6, 6.07) is 12.2. The van der Waals surface area contributed by atoms with E-state index in [1.165, 1.54) is 5.69 Å². The Labute approximate surface area is 199 Å². The highest BCUT2D eigenvalue weighted by Crippen LogP contribution is 2.39. The van der Waals surface area contributed by atoms with Gasteiger partial charge in [-0.05, 0) is 65.5 Å². The molecule has 0 heterocycles. The second kappa shape index (κ2) is 10.9. The molecule has 0 aliphatic carbocycles. The van der Waals surface area contributed by atoms with Gasteiger partial charge in [0.1, 0.15) is 5.75 Å². The van der Waals surface area contributed by atoms with Gasteiger partial charge in [-0.1, -0.05) is 65.8 Å². The van der Waals surface area contributed by atoms with Crippen molar-refractivity contribution in [2.75, 3.05) is 18.0 Å². The lowest BCUT2D eigenvalue weighted by molar-refractivity contribution is -0.121. The molecule has 2 aromatic carbocycles. The van der Waals surface area contributed by atoms with Gasteiger partial charge >= 0.3 is 0 Å². The van der Waals surface area contributed by atoms with Crippen molar-refractivity contribution in [3.8, 4) is 5.75 Å². The number of amides is 1. The average Bonchev–Trinajstić information content (AvgIpc) is 2.73. The lowest BCUT2D eigenvalue weighted by Gasteiger charge is -2.28. The standard InChI is InChI=1S/C28H41N3O2/c1-9-31(10-2)22-14-11-20(12-15-22)19-29-30-25(32)16-13-21-17-23(27(3,4)5)26(33)24(18-21)28(6,7)8/h11-12,14-15,17-19,33H,9-10,13,16H2,1-8H3,(H,30,32)/b29-19+. The van der Waals surface area contributed by atoms with Crippen molar-refractivity contribution >= 4 is 17.8 Å². The number of nitrogens with one attached hydrogen (secondary N) is 1. The summed E-state index contributed by atoms with van der Waals surface area (Å²) in [6.07, 6.45) is 2.59. The van der Waals surface area contributed by atoms with Gasteiger partial charge < -0.3 is 10.0 Å². The van der Waals surface area contributed by atoms with Gasteiger partial charge in [0, 0.05) is 25.2 Å². The predicted octanol–water partition coefficient (Wildman–Crippen LogP) is 5.92. The number of carbonyl (C=O) groups is 1. The van der Waals surface area contributed by atoms with E-state index in [0.717, 1.165) is 35.3 Å². The zero-order valence-electron chi connectivity index (χ0n) is 21.6. The fourth-order valence-electron chi connectivity index (χ4n) is 3.83. The smallest absolute Gasteiger partial charge is 0.240 e. The van der Waals surface area contributed by atoms with E-state index in [4.69, 9.17) is 0 Å². The van der Waals surface area contributed by atoms with Gasteiger partial charge in [-0.15, -0.1) is 0 Å². The van der Waals surface area contributed by atoms with Crippen LogP contribution in [0.15, 0.2) is 41.5 Å². The maximum absolute atomic E-state index is 12.4. The van der Waals surface area contributed by atoms with Crippen LogP contribution in [0.5, 0.6) is 5.75 Å². The Hall–Kier alpha value is -2.82. The highest BCUT2D eigenvalue weighted by Gasteiger charge is 2.26. The molecule has 0 saturated carbocycles. The fraction of sp³-hybridized carbons (Fsp3) is 0.500. The molecule has 2 aromatic rings. The molecule has 0 fully saturated rings. The molecule has 0 aromatic heterocycles. The second-order valence-corrected chi connectivity index (χ2v) is 10.6. The van der Waals surface area contributed by atoms with Gasteiger partial charge in [-0.2, -0.15) is 5.10 Å². The van der Waals surface area contributed by atoms with Gasteiger partial charge in [0.05, 0.1) is 6.21 Å². The topological polar surface area (TPSA) is 64.9 Å². The minimum Gasteiger partial charge on any atom is -0.507 e. The molecule has 2 N–H and O–H groups in total. The third-order valence-electron chi connectivity index (χ3n) is 5.85. The Morgan fingerprint density at radius 3 is 1.94 bits per heavy atom. The molecular formula is C28H41N3O2. The monoisotopic (exact) mass is 451 g/mol. The predicted molar refractivity (Wildman–Crippen MR) is 140 cm³/mol. The maximum Gasteiger partial charge on any atom is 0.240 e. The van der Waals surface area contributed by atoms with Crippen molar-refractivity contribution in [1.82, 2.24) is 5.43 Å². The van der Waals surface area contributed by atoms with Crippen molar-refractivity contribution in [3.63, 3.8) is 0 Å². The van der Waals surface area contributed by atoms with Crippen LogP contribution in [0, 0.1) is 0 Å². The minimum atomic E-state index is -0.187. The summed E-state index contributed by atoms with van der Waals surface area (Å²) >= 11 is 0. The van der Waals surface area contributed by atoms with Crippen molar-refractivity contribution in [2.45, 2.75) is 79.1 Å². The molecule has 2 rings (SSSR count). The first-order valence-corrected chi connectivity index (χ1v) is 11.9. The van der Waals surface area contributed by atoms with E-state index >= 15 is 0 Å². The zero-order chi connectivity index (χ0) is 24.8. The van der Waals surface area contributed by atoms with Crippen molar-refractivity contribution in [3.05, 3.63) is 58.7 Å². The number of benzene rings is 2. The number of phenolic OH excluding ortho intramolecular Hbond substituents is 1. The van der Waals surface area contributed by atoms with E-state index in [-0.39, 0.29) is 16.7 Å². The molecule has 0 saturated heterocycles. The first-order chi connectivity index (χ1) is 15.4. The number of hydrazone groups is 1. The molecule has 0 atom stereocenters. The van der Waals surface area contributed by atoms with Crippen LogP contribution in [0.1, 0.15) is 84.1 Å². The number of hydrogen-bond donors (Lipinski definition) is 2. The van der Waals surface area contributed by atoms with Crippen LogP contribution in [-0.4, -0.2) is 30.3 Å². The summed E-state index contributed by atoms with van der Waals surface area (Å²) in [7, 11) is 0. The van der Waals surface area contributed by atoms with Gasteiger partial charge in [0.2, 0.25) is 5.91 Å². The van der Waals surface area contributed by atoms with E-state index in [9.17, 15) is 9.90 Å². The first kappa shape index (κ1) is 26.4. The van der Waals surface area contributed by atoms with Gasteiger partial charge in [0.25, 0.3) is 0 Å².